The minimum Gasteiger partial charge on any atom is -0.326 e. The number of likely N-dealkylation sites (tertiary alicyclic amines) is 1. The molecule has 0 aromatic heterocycles. The smallest absolute Gasteiger partial charge is 0.224 e. The number of carbonyl (C=O) groups is 1. The lowest BCUT2D eigenvalue weighted by Gasteiger charge is -2.28. The fourth-order valence-electron chi connectivity index (χ4n) is 2.77. The van der Waals surface area contributed by atoms with E-state index in [1.165, 1.54) is 31.5 Å². The number of nitrogens with zero attached hydrogens (tertiary/aromatic N) is 1. The van der Waals surface area contributed by atoms with Gasteiger partial charge in [0, 0.05) is 12.1 Å². The second-order valence-electron chi connectivity index (χ2n) is 6.15. The average Bonchev–Trinajstić information content (AvgIpc) is 2.42. The molecule has 0 aliphatic carbocycles. The van der Waals surface area contributed by atoms with Crippen molar-refractivity contribution in [1.82, 2.24) is 4.90 Å². The summed E-state index contributed by atoms with van der Waals surface area (Å²) in [5.41, 5.74) is 3.27. The highest BCUT2D eigenvalue weighted by Crippen LogP contribution is 2.22. The number of anilines is 1. The van der Waals surface area contributed by atoms with Crippen LogP contribution in [0.4, 0.5) is 5.69 Å². The van der Waals surface area contributed by atoms with Crippen LogP contribution in [-0.2, 0) is 4.79 Å². The maximum absolute atomic E-state index is 12.1. The van der Waals surface area contributed by atoms with Gasteiger partial charge in [0.25, 0.3) is 0 Å². The van der Waals surface area contributed by atoms with Crippen molar-refractivity contribution in [2.45, 2.75) is 39.5 Å². The molecule has 0 unspecified atom stereocenters. The highest BCUT2D eigenvalue weighted by atomic mass is 16.1. The van der Waals surface area contributed by atoms with E-state index in [1.807, 2.05) is 19.9 Å². The molecular formula is C17H26N2O. The normalized spacial score (nSPS) is 17.1. The van der Waals surface area contributed by atoms with Crippen LogP contribution in [0.3, 0.4) is 0 Å². The number of benzene rings is 1. The minimum absolute atomic E-state index is 0.151. The van der Waals surface area contributed by atoms with Crippen molar-refractivity contribution in [3.05, 3.63) is 29.3 Å². The van der Waals surface area contributed by atoms with E-state index in [-0.39, 0.29) is 5.91 Å². The highest BCUT2D eigenvalue weighted by molar-refractivity contribution is 5.91. The van der Waals surface area contributed by atoms with Crippen LogP contribution in [0.1, 0.15) is 36.8 Å². The Hall–Kier alpha value is -1.35. The molecule has 3 heteroatoms. The highest BCUT2D eigenvalue weighted by Gasteiger charge is 2.17. The van der Waals surface area contributed by atoms with Gasteiger partial charge in [-0.1, -0.05) is 12.1 Å². The Bertz CT molecular complexity index is 462. The lowest BCUT2D eigenvalue weighted by atomic mass is 9.92. The van der Waals surface area contributed by atoms with Crippen LogP contribution in [0, 0.1) is 19.8 Å². The number of rotatable bonds is 4. The van der Waals surface area contributed by atoms with Crippen molar-refractivity contribution >= 4 is 11.6 Å². The summed E-state index contributed by atoms with van der Waals surface area (Å²) >= 11 is 0. The molecule has 1 fully saturated rings. The first-order valence-electron chi connectivity index (χ1n) is 7.60. The molecule has 1 heterocycles. The molecule has 3 nitrogen and oxygen atoms in total. The minimum atomic E-state index is 0.151. The van der Waals surface area contributed by atoms with Crippen molar-refractivity contribution in [3.8, 4) is 0 Å². The van der Waals surface area contributed by atoms with E-state index in [2.05, 4.69) is 29.4 Å². The fraction of sp³-hybridized carbons (Fsp3) is 0.588. The Labute approximate surface area is 122 Å². The number of hydrogen-bond donors (Lipinski definition) is 1. The van der Waals surface area contributed by atoms with Crippen molar-refractivity contribution in [3.63, 3.8) is 0 Å². The molecule has 1 saturated heterocycles. The van der Waals surface area contributed by atoms with Crippen molar-refractivity contribution in [2.24, 2.45) is 5.92 Å². The van der Waals surface area contributed by atoms with Crippen molar-refractivity contribution < 1.29 is 4.79 Å². The molecule has 0 radical (unpaired) electrons. The molecule has 20 heavy (non-hydrogen) atoms. The van der Waals surface area contributed by atoms with Gasteiger partial charge in [0.1, 0.15) is 0 Å². The third-order valence-corrected chi connectivity index (χ3v) is 4.28. The first-order valence-corrected chi connectivity index (χ1v) is 7.60. The van der Waals surface area contributed by atoms with Crippen LogP contribution in [0.25, 0.3) is 0 Å². The van der Waals surface area contributed by atoms with E-state index in [0.29, 0.717) is 6.42 Å². The molecule has 1 aromatic rings. The van der Waals surface area contributed by atoms with Crippen LogP contribution >= 0.6 is 0 Å². The van der Waals surface area contributed by atoms with Gasteiger partial charge in [0.2, 0.25) is 5.91 Å². The van der Waals surface area contributed by atoms with Gasteiger partial charge < -0.3 is 10.2 Å². The molecule has 110 valence electrons. The molecule has 0 spiro atoms. The van der Waals surface area contributed by atoms with Gasteiger partial charge in [-0.15, -0.1) is 0 Å². The van der Waals surface area contributed by atoms with E-state index >= 15 is 0 Å². The van der Waals surface area contributed by atoms with Gasteiger partial charge in [0.05, 0.1) is 0 Å². The third kappa shape index (κ3) is 4.34. The number of nitrogens with one attached hydrogen (secondary N) is 1. The first kappa shape index (κ1) is 15.0. The topological polar surface area (TPSA) is 32.3 Å². The summed E-state index contributed by atoms with van der Waals surface area (Å²) in [6, 6.07) is 6.17. The first-order chi connectivity index (χ1) is 9.54. The zero-order valence-electron chi connectivity index (χ0n) is 12.9. The standard InChI is InChI=1S/C17H26N2O/c1-13-4-5-14(2)16(12-13)18-17(20)7-6-15-8-10-19(3)11-9-15/h4-5,12,15H,6-11H2,1-3H3,(H,18,20). The number of piperidine rings is 1. The maximum Gasteiger partial charge on any atom is 0.224 e. The monoisotopic (exact) mass is 274 g/mol. The predicted octanol–water partition coefficient (Wildman–Crippen LogP) is 3.36. The summed E-state index contributed by atoms with van der Waals surface area (Å²) in [4.78, 5) is 14.4. The van der Waals surface area contributed by atoms with Crippen LogP contribution < -0.4 is 5.32 Å². The summed E-state index contributed by atoms with van der Waals surface area (Å²) in [7, 11) is 2.17. The fourth-order valence-corrected chi connectivity index (χ4v) is 2.77. The van der Waals surface area contributed by atoms with Crippen LogP contribution in [0.15, 0.2) is 18.2 Å². The van der Waals surface area contributed by atoms with Crippen molar-refractivity contribution in [1.29, 1.82) is 0 Å². The molecule has 2 rings (SSSR count). The second-order valence-corrected chi connectivity index (χ2v) is 6.15. The van der Waals surface area contributed by atoms with E-state index in [1.54, 1.807) is 0 Å². The molecule has 1 amide bonds. The van der Waals surface area contributed by atoms with Gasteiger partial charge in [-0.3, -0.25) is 4.79 Å². The van der Waals surface area contributed by atoms with Crippen LogP contribution in [-0.4, -0.2) is 30.9 Å². The number of amides is 1. The molecule has 0 saturated carbocycles. The van der Waals surface area contributed by atoms with Gasteiger partial charge >= 0.3 is 0 Å². The largest absolute Gasteiger partial charge is 0.326 e. The molecule has 1 aliphatic heterocycles. The van der Waals surface area contributed by atoms with E-state index in [4.69, 9.17) is 0 Å². The quantitative estimate of drug-likeness (QED) is 0.913. The van der Waals surface area contributed by atoms with Gasteiger partial charge in [0.15, 0.2) is 0 Å². The van der Waals surface area contributed by atoms with Gasteiger partial charge in [-0.2, -0.15) is 0 Å². The molecule has 0 atom stereocenters. The Morgan fingerprint density at radius 2 is 2.00 bits per heavy atom. The zero-order chi connectivity index (χ0) is 14.5. The summed E-state index contributed by atoms with van der Waals surface area (Å²) in [5, 5.41) is 3.05. The lowest BCUT2D eigenvalue weighted by Crippen LogP contribution is -2.30. The number of carbonyl (C=O) groups excluding carboxylic acids is 1. The third-order valence-electron chi connectivity index (χ3n) is 4.28. The van der Waals surface area contributed by atoms with E-state index < -0.39 is 0 Å². The average molecular weight is 274 g/mol. The van der Waals surface area contributed by atoms with E-state index in [0.717, 1.165) is 23.6 Å². The van der Waals surface area contributed by atoms with Gasteiger partial charge in [-0.25, -0.2) is 0 Å². The van der Waals surface area contributed by atoms with Crippen molar-refractivity contribution in [2.75, 3.05) is 25.5 Å². The molecule has 1 N–H and O–H groups in total. The predicted molar refractivity (Wildman–Crippen MR) is 84.0 cm³/mol. The Balaban J connectivity index is 1.79. The van der Waals surface area contributed by atoms with E-state index in [9.17, 15) is 4.79 Å². The number of aryl methyl sites for hydroxylation is 2. The summed E-state index contributed by atoms with van der Waals surface area (Å²) in [5.74, 6) is 0.869. The Kier molecular flexibility index (Phi) is 5.18. The lowest BCUT2D eigenvalue weighted by molar-refractivity contribution is -0.116. The summed E-state index contributed by atoms with van der Waals surface area (Å²) in [6.45, 7) is 6.42. The van der Waals surface area contributed by atoms with Gasteiger partial charge in [-0.05, 0) is 76.4 Å². The second kappa shape index (κ2) is 6.89. The maximum atomic E-state index is 12.1. The molecule has 0 bridgehead atoms. The number of hydrogen-bond acceptors (Lipinski definition) is 2. The van der Waals surface area contributed by atoms with Crippen LogP contribution in [0.5, 0.6) is 0 Å². The summed E-state index contributed by atoms with van der Waals surface area (Å²) in [6.07, 6.45) is 4.12. The molecule has 1 aliphatic rings. The molecule has 1 aromatic carbocycles. The Morgan fingerprint density at radius 3 is 2.70 bits per heavy atom. The molecular weight excluding hydrogens is 248 g/mol. The summed E-state index contributed by atoms with van der Waals surface area (Å²) < 4.78 is 0. The SMILES string of the molecule is Cc1ccc(C)c(NC(=O)CCC2CCN(C)CC2)c1. The Morgan fingerprint density at radius 1 is 1.30 bits per heavy atom. The van der Waals surface area contributed by atoms with Crippen LogP contribution in [0.2, 0.25) is 0 Å². The zero-order valence-corrected chi connectivity index (χ0v) is 12.9.